The Labute approximate surface area is 146 Å². The van der Waals surface area contributed by atoms with Crippen LogP contribution in [0.3, 0.4) is 0 Å². The predicted octanol–water partition coefficient (Wildman–Crippen LogP) is 2.63. The zero-order valence-corrected chi connectivity index (χ0v) is 13.7. The van der Waals surface area contributed by atoms with Crippen molar-refractivity contribution in [3.05, 3.63) is 59.5 Å². The van der Waals surface area contributed by atoms with Crippen molar-refractivity contribution >= 4 is 17.2 Å². The first-order chi connectivity index (χ1) is 12.2. The van der Waals surface area contributed by atoms with E-state index in [1.165, 1.54) is 23.6 Å². The molecule has 4 aromatic rings. The van der Waals surface area contributed by atoms with Crippen LogP contribution in [0.5, 0.6) is 0 Å². The van der Waals surface area contributed by atoms with Crippen LogP contribution in [0, 0.1) is 5.82 Å². The zero-order chi connectivity index (χ0) is 17.2. The summed E-state index contributed by atoms with van der Waals surface area (Å²) in [4.78, 5) is 17.0. The number of hydrogen-bond acceptors (Lipinski definition) is 7. The highest BCUT2D eigenvalue weighted by Crippen LogP contribution is 2.24. The first-order valence-corrected chi connectivity index (χ1v) is 8.25. The molecule has 0 saturated heterocycles. The normalized spacial score (nSPS) is 10.9. The van der Waals surface area contributed by atoms with Crippen molar-refractivity contribution in [1.29, 1.82) is 0 Å². The Kier molecular flexibility index (Phi) is 3.90. The van der Waals surface area contributed by atoms with Crippen molar-refractivity contribution in [2.45, 2.75) is 6.54 Å². The molecule has 0 bridgehead atoms. The van der Waals surface area contributed by atoms with Gasteiger partial charge in [-0.15, -0.1) is 16.4 Å². The minimum absolute atomic E-state index is 0.219. The molecule has 3 heterocycles. The van der Waals surface area contributed by atoms with Crippen LogP contribution in [0.15, 0.2) is 48.1 Å². The van der Waals surface area contributed by atoms with Crippen molar-refractivity contribution in [1.82, 2.24) is 29.7 Å². The topological polar surface area (TPSA) is 95.4 Å². The minimum atomic E-state index is -0.301. The van der Waals surface area contributed by atoms with E-state index < -0.39 is 0 Å². The average Bonchev–Trinajstić information content (AvgIpc) is 3.26. The molecule has 124 valence electrons. The van der Waals surface area contributed by atoms with E-state index >= 15 is 0 Å². The second kappa shape index (κ2) is 6.36. The van der Waals surface area contributed by atoms with E-state index in [1.807, 2.05) is 5.38 Å². The fourth-order valence-corrected chi connectivity index (χ4v) is 2.94. The average molecular weight is 353 g/mol. The van der Waals surface area contributed by atoms with Gasteiger partial charge < -0.3 is 5.73 Å². The zero-order valence-electron chi connectivity index (χ0n) is 12.9. The number of rotatable bonds is 4. The number of hydrogen-bond donors (Lipinski definition) is 1. The van der Waals surface area contributed by atoms with Gasteiger partial charge in [0.2, 0.25) is 11.6 Å². The molecule has 9 heteroatoms. The van der Waals surface area contributed by atoms with Crippen molar-refractivity contribution in [3.8, 4) is 22.5 Å². The summed E-state index contributed by atoms with van der Waals surface area (Å²) < 4.78 is 15.6. The minimum Gasteiger partial charge on any atom is -0.384 e. The van der Waals surface area contributed by atoms with Gasteiger partial charge in [0.15, 0.2) is 10.8 Å². The molecular formula is C16H12FN7S. The SMILES string of the molecule is Nc1ccnc(-c2nc(-c3nccs3)n(Cc3ccccc3F)n2)n1. The molecule has 0 fully saturated rings. The highest BCUT2D eigenvalue weighted by Gasteiger charge is 2.18. The lowest BCUT2D eigenvalue weighted by molar-refractivity contribution is 0.587. The molecule has 0 radical (unpaired) electrons. The third-order valence-electron chi connectivity index (χ3n) is 3.45. The van der Waals surface area contributed by atoms with Gasteiger partial charge in [-0.05, 0) is 12.1 Å². The maximum Gasteiger partial charge on any atom is 0.219 e. The number of nitrogen functional groups attached to an aromatic ring is 1. The van der Waals surface area contributed by atoms with Crippen molar-refractivity contribution in [2.24, 2.45) is 0 Å². The number of aromatic nitrogens is 6. The number of benzene rings is 1. The van der Waals surface area contributed by atoms with Crippen LogP contribution in [0.25, 0.3) is 22.5 Å². The fourth-order valence-electron chi connectivity index (χ4n) is 2.31. The molecule has 0 spiro atoms. The van der Waals surface area contributed by atoms with Crippen LogP contribution in [0.2, 0.25) is 0 Å². The summed E-state index contributed by atoms with van der Waals surface area (Å²) in [6.45, 7) is 0.219. The molecule has 2 N–H and O–H groups in total. The van der Waals surface area contributed by atoms with Crippen molar-refractivity contribution in [3.63, 3.8) is 0 Å². The molecule has 7 nitrogen and oxygen atoms in total. The van der Waals surface area contributed by atoms with Gasteiger partial charge in [-0.2, -0.15) is 0 Å². The second-order valence-corrected chi connectivity index (χ2v) is 6.05. The Morgan fingerprint density at radius 3 is 2.68 bits per heavy atom. The largest absolute Gasteiger partial charge is 0.384 e. The van der Waals surface area contributed by atoms with Gasteiger partial charge in [0, 0.05) is 23.3 Å². The van der Waals surface area contributed by atoms with E-state index in [-0.39, 0.29) is 12.4 Å². The third kappa shape index (κ3) is 3.09. The Hall–Kier alpha value is -3.20. The summed E-state index contributed by atoms with van der Waals surface area (Å²) in [7, 11) is 0. The van der Waals surface area contributed by atoms with Crippen LogP contribution in [-0.4, -0.2) is 29.7 Å². The number of thiazole rings is 1. The first kappa shape index (κ1) is 15.3. The number of nitrogens with two attached hydrogens (primary N) is 1. The molecule has 0 aliphatic carbocycles. The Balaban J connectivity index is 1.80. The first-order valence-electron chi connectivity index (χ1n) is 7.38. The van der Waals surface area contributed by atoms with E-state index in [4.69, 9.17) is 5.73 Å². The molecular weight excluding hydrogens is 341 g/mol. The molecule has 1 aromatic carbocycles. The van der Waals surface area contributed by atoms with Crippen LogP contribution in [0.4, 0.5) is 10.2 Å². The lowest BCUT2D eigenvalue weighted by Crippen LogP contribution is -2.06. The van der Waals surface area contributed by atoms with E-state index in [0.717, 1.165) is 0 Å². The summed E-state index contributed by atoms with van der Waals surface area (Å²) in [5.41, 5.74) is 6.21. The highest BCUT2D eigenvalue weighted by molar-refractivity contribution is 7.13. The summed E-state index contributed by atoms with van der Waals surface area (Å²) in [6.07, 6.45) is 3.22. The van der Waals surface area contributed by atoms with E-state index in [0.29, 0.717) is 33.9 Å². The standard InChI is InChI=1S/C16H12FN7S/c17-11-4-2-1-3-10(11)9-24-15(16-20-7-8-25-16)22-14(23-24)13-19-6-5-12(18)21-13/h1-8H,9H2,(H2,18,19,21). The molecule has 0 amide bonds. The molecule has 4 rings (SSSR count). The van der Waals surface area contributed by atoms with Gasteiger partial charge in [-0.25, -0.2) is 29.0 Å². The van der Waals surface area contributed by atoms with Gasteiger partial charge in [-0.1, -0.05) is 18.2 Å². The van der Waals surface area contributed by atoms with E-state index in [9.17, 15) is 4.39 Å². The van der Waals surface area contributed by atoms with E-state index in [1.54, 1.807) is 35.1 Å². The lowest BCUT2D eigenvalue weighted by Gasteiger charge is -2.05. The molecule has 0 saturated carbocycles. The highest BCUT2D eigenvalue weighted by atomic mass is 32.1. The number of halogens is 1. The fraction of sp³-hybridized carbons (Fsp3) is 0.0625. The smallest absolute Gasteiger partial charge is 0.219 e. The Bertz CT molecular complexity index is 1010. The van der Waals surface area contributed by atoms with E-state index in [2.05, 4.69) is 25.0 Å². The number of nitrogens with zero attached hydrogens (tertiary/aromatic N) is 6. The van der Waals surface area contributed by atoms with Crippen molar-refractivity contribution in [2.75, 3.05) is 5.73 Å². The summed E-state index contributed by atoms with van der Waals surface area (Å²) in [5.74, 6) is 1.18. The molecule has 3 aromatic heterocycles. The number of anilines is 1. The summed E-state index contributed by atoms with van der Waals surface area (Å²) >= 11 is 1.42. The van der Waals surface area contributed by atoms with Crippen LogP contribution >= 0.6 is 11.3 Å². The van der Waals surface area contributed by atoms with Crippen LogP contribution in [-0.2, 0) is 6.54 Å². The van der Waals surface area contributed by atoms with Crippen LogP contribution < -0.4 is 5.73 Å². The maximum atomic E-state index is 14.0. The quantitative estimate of drug-likeness (QED) is 0.606. The summed E-state index contributed by atoms with van der Waals surface area (Å²) in [6, 6.07) is 8.13. The Morgan fingerprint density at radius 1 is 1.04 bits per heavy atom. The van der Waals surface area contributed by atoms with Crippen LogP contribution in [0.1, 0.15) is 5.56 Å². The lowest BCUT2D eigenvalue weighted by atomic mass is 10.2. The van der Waals surface area contributed by atoms with Gasteiger partial charge in [0.25, 0.3) is 0 Å². The summed E-state index contributed by atoms with van der Waals surface area (Å²) in [5, 5.41) is 6.96. The second-order valence-electron chi connectivity index (χ2n) is 5.15. The monoisotopic (exact) mass is 353 g/mol. The molecule has 25 heavy (non-hydrogen) atoms. The predicted molar refractivity (Wildman–Crippen MR) is 92.1 cm³/mol. The van der Waals surface area contributed by atoms with Crippen molar-refractivity contribution < 1.29 is 4.39 Å². The van der Waals surface area contributed by atoms with Gasteiger partial charge in [-0.3, -0.25) is 0 Å². The van der Waals surface area contributed by atoms with Gasteiger partial charge >= 0.3 is 0 Å². The third-order valence-corrected chi connectivity index (χ3v) is 4.22. The van der Waals surface area contributed by atoms with Gasteiger partial charge in [0.05, 0.1) is 6.54 Å². The molecule has 0 aliphatic rings. The molecule has 0 atom stereocenters. The molecule has 0 aliphatic heterocycles. The molecule has 0 unspecified atom stereocenters. The Morgan fingerprint density at radius 2 is 1.92 bits per heavy atom. The van der Waals surface area contributed by atoms with Gasteiger partial charge in [0.1, 0.15) is 11.6 Å². The maximum absolute atomic E-state index is 14.0.